The van der Waals surface area contributed by atoms with Crippen LogP contribution in [0.3, 0.4) is 0 Å². The monoisotopic (exact) mass is 751 g/mol. The van der Waals surface area contributed by atoms with Crippen LogP contribution in [0.5, 0.6) is 0 Å². The van der Waals surface area contributed by atoms with Gasteiger partial charge in [-0.15, -0.1) is 0 Å². The molecular formula is C40H74N6O7. The number of rotatable bonds is 19. The van der Waals surface area contributed by atoms with Crippen molar-refractivity contribution in [3.8, 4) is 0 Å². The summed E-state index contributed by atoms with van der Waals surface area (Å²) in [7, 11) is 6.76. The molecule has 306 valence electrons. The number of hydrogen-bond acceptors (Lipinski definition) is 9. The van der Waals surface area contributed by atoms with Gasteiger partial charge in [0.2, 0.25) is 24.1 Å². The number of benzene rings is 1. The zero-order valence-electron chi connectivity index (χ0n) is 34.9. The second kappa shape index (κ2) is 26.6. The van der Waals surface area contributed by atoms with Gasteiger partial charge in [-0.05, 0) is 50.6 Å². The summed E-state index contributed by atoms with van der Waals surface area (Å²) in [6.07, 6.45) is 3.53. The van der Waals surface area contributed by atoms with Crippen LogP contribution in [0.1, 0.15) is 106 Å². The number of likely N-dealkylation sites (tertiary alicyclic amines) is 1. The van der Waals surface area contributed by atoms with E-state index in [0.717, 1.165) is 24.8 Å². The van der Waals surface area contributed by atoms with Crippen LogP contribution >= 0.6 is 0 Å². The van der Waals surface area contributed by atoms with Gasteiger partial charge in [0.1, 0.15) is 0 Å². The quantitative estimate of drug-likeness (QED) is 0.132. The minimum absolute atomic E-state index is 0.000372. The third kappa shape index (κ3) is 15.7. The van der Waals surface area contributed by atoms with Crippen LogP contribution in [0.4, 0.5) is 0 Å². The highest BCUT2D eigenvalue weighted by Crippen LogP contribution is 2.28. The first-order valence-electron chi connectivity index (χ1n) is 19.3. The third-order valence-corrected chi connectivity index (χ3v) is 10.0. The zero-order valence-corrected chi connectivity index (χ0v) is 34.9. The molecule has 0 bridgehead atoms. The highest BCUT2D eigenvalue weighted by molar-refractivity contribution is 5.87. The van der Waals surface area contributed by atoms with Crippen LogP contribution in [-0.2, 0) is 28.7 Å². The zero-order chi connectivity index (χ0) is 40.8. The van der Waals surface area contributed by atoms with Crippen molar-refractivity contribution in [3.63, 3.8) is 0 Å². The Hall–Kier alpha value is -3.10. The summed E-state index contributed by atoms with van der Waals surface area (Å²) in [5.74, 6) is -0.487. The van der Waals surface area contributed by atoms with Gasteiger partial charge < -0.3 is 46.1 Å². The van der Waals surface area contributed by atoms with Crippen molar-refractivity contribution in [1.29, 1.82) is 0 Å². The molecule has 0 aromatic heterocycles. The number of ether oxygens (including phenoxy) is 2. The predicted molar refractivity (Wildman–Crippen MR) is 212 cm³/mol. The summed E-state index contributed by atoms with van der Waals surface area (Å²) < 4.78 is 11.1. The Labute approximate surface area is 320 Å². The molecule has 1 saturated heterocycles. The van der Waals surface area contributed by atoms with E-state index in [1.54, 1.807) is 40.0 Å². The molecule has 13 heteroatoms. The largest absolute Gasteiger partial charge is 0.386 e. The van der Waals surface area contributed by atoms with Crippen molar-refractivity contribution in [2.75, 3.05) is 34.9 Å². The van der Waals surface area contributed by atoms with Gasteiger partial charge >= 0.3 is 0 Å². The van der Waals surface area contributed by atoms with E-state index < -0.39 is 24.2 Å². The molecule has 0 radical (unpaired) electrons. The fourth-order valence-corrected chi connectivity index (χ4v) is 6.71. The number of methoxy groups -OCH3 is 2. The van der Waals surface area contributed by atoms with Gasteiger partial charge in [-0.1, -0.05) is 98.6 Å². The minimum atomic E-state index is -0.806. The van der Waals surface area contributed by atoms with Gasteiger partial charge in [-0.3, -0.25) is 19.2 Å². The lowest BCUT2D eigenvalue weighted by atomic mass is 9.91. The molecule has 1 aliphatic rings. The van der Waals surface area contributed by atoms with Crippen LogP contribution < -0.4 is 21.7 Å². The molecule has 1 heterocycles. The van der Waals surface area contributed by atoms with Crippen molar-refractivity contribution in [1.82, 2.24) is 25.8 Å². The lowest BCUT2D eigenvalue weighted by Gasteiger charge is -2.37. The Kier molecular flexibility index (Phi) is 25.1. The smallest absolute Gasteiger partial charge is 0.242 e. The first kappa shape index (κ1) is 49.9. The lowest BCUT2D eigenvalue weighted by Crippen LogP contribution is -2.53. The summed E-state index contributed by atoms with van der Waals surface area (Å²) in [6, 6.07) is 8.20. The number of nitrogens with two attached hydrogens (primary N) is 1. The van der Waals surface area contributed by atoms with E-state index in [2.05, 4.69) is 50.6 Å². The molecular weight excluding hydrogens is 676 g/mol. The molecule has 6 N–H and O–H groups in total. The summed E-state index contributed by atoms with van der Waals surface area (Å²) in [4.78, 5) is 52.0. The van der Waals surface area contributed by atoms with Crippen LogP contribution in [0.15, 0.2) is 30.3 Å². The number of hydrogen-bond donors (Lipinski definition) is 5. The van der Waals surface area contributed by atoms with Crippen molar-refractivity contribution >= 4 is 24.1 Å². The van der Waals surface area contributed by atoms with E-state index in [1.807, 2.05) is 44.2 Å². The van der Waals surface area contributed by atoms with E-state index in [0.29, 0.717) is 18.8 Å². The second-order valence-corrected chi connectivity index (χ2v) is 14.4. The summed E-state index contributed by atoms with van der Waals surface area (Å²) in [6.45, 7) is 18.0. The number of carbonyl (C=O) groups is 4. The number of carbonyl (C=O) groups excluding carboxylic acids is 4. The Morgan fingerprint density at radius 1 is 0.981 bits per heavy atom. The lowest BCUT2D eigenvalue weighted by molar-refractivity contribution is -0.138. The Bertz CT molecular complexity index is 1170. The molecule has 1 aromatic carbocycles. The molecule has 10 unspecified atom stereocenters. The number of aliphatic hydroxyl groups is 1. The maximum absolute atomic E-state index is 12.7. The maximum atomic E-state index is 12.7. The van der Waals surface area contributed by atoms with Crippen LogP contribution in [0, 0.1) is 17.8 Å². The fraction of sp³-hybridized carbons (Fsp3) is 0.750. The van der Waals surface area contributed by atoms with Gasteiger partial charge in [0.15, 0.2) is 0 Å². The van der Waals surface area contributed by atoms with Crippen molar-refractivity contribution in [2.45, 2.75) is 143 Å². The van der Waals surface area contributed by atoms with Gasteiger partial charge in [0.05, 0.1) is 61.1 Å². The standard InChI is InChI=1S/C19H29N3O4.C18H37N3O3.C3H8/c1-12(18(26-3)15-9-10-16(20)22(15)11-23)19(25)21-13(2)17(24)14-7-5-4-6-8-14;1-9-13(5)17(14(10-2)24-8)21(7)15(22)11-20-18(23)16(19-6)12(3)4;1-3-2/h4-8,11-13,15-18,24H,9-10,20H2,1-3H3,(H,21,25);12-14,16-17,19H,9-11H2,1-8H3,(H,20,23);3H2,1-2H3. The molecule has 1 fully saturated rings. The molecule has 10 atom stereocenters. The molecule has 1 aliphatic heterocycles. The summed E-state index contributed by atoms with van der Waals surface area (Å²) in [5.41, 5.74) is 6.68. The van der Waals surface area contributed by atoms with Gasteiger partial charge in [0.25, 0.3) is 0 Å². The Morgan fingerprint density at radius 2 is 1.57 bits per heavy atom. The highest BCUT2D eigenvalue weighted by Gasteiger charge is 2.41. The maximum Gasteiger partial charge on any atom is 0.242 e. The van der Waals surface area contributed by atoms with Gasteiger partial charge in [-0.25, -0.2) is 0 Å². The number of nitrogens with one attached hydrogen (secondary N) is 3. The molecule has 4 amide bonds. The molecule has 0 aliphatic carbocycles. The summed E-state index contributed by atoms with van der Waals surface area (Å²) in [5, 5.41) is 19.0. The number of nitrogens with zero attached hydrogens (tertiary/aromatic N) is 2. The minimum Gasteiger partial charge on any atom is -0.386 e. The van der Waals surface area contributed by atoms with E-state index >= 15 is 0 Å². The predicted octanol–water partition coefficient (Wildman–Crippen LogP) is 3.84. The molecule has 0 spiro atoms. The highest BCUT2D eigenvalue weighted by atomic mass is 16.5. The average Bonchev–Trinajstić information content (AvgIpc) is 3.52. The van der Waals surface area contributed by atoms with Crippen molar-refractivity contribution in [2.24, 2.45) is 23.5 Å². The average molecular weight is 751 g/mol. The van der Waals surface area contributed by atoms with E-state index in [9.17, 15) is 24.3 Å². The molecule has 2 rings (SSSR count). The van der Waals surface area contributed by atoms with Gasteiger partial charge in [0, 0.05) is 21.3 Å². The van der Waals surface area contributed by atoms with E-state index in [4.69, 9.17) is 15.2 Å². The first-order valence-corrected chi connectivity index (χ1v) is 19.3. The summed E-state index contributed by atoms with van der Waals surface area (Å²) >= 11 is 0. The third-order valence-electron chi connectivity index (χ3n) is 10.0. The Balaban J connectivity index is 0.000000953. The second-order valence-electron chi connectivity index (χ2n) is 14.4. The number of likely N-dealkylation sites (N-methyl/N-ethyl adjacent to an activating group) is 2. The normalized spacial score (nSPS) is 19.8. The number of aliphatic hydroxyl groups excluding tert-OH is 1. The molecule has 13 nitrogen and oxygen atoms in total. The van der Waals surface area contributed by atoms with E-state index in [-0.39, 0.29) is 60.6 Å². The van der Waals surface area contributed by atoms with Crippen molar-refractivity contribution in [3.05, 3.63) is 35.9 Å². The topological polar surface area (TPSA) is 176 Å². The molecule has 1 aromatic rings. The Morgan fingerprint density at radius 3 is 2.02 bits per heavy atom. The van der Waals surface area contributed by atoms with Crippen molar-refractivity contribution < 1.29 is 33.8 Å². The van der Waals surface area contributed by atoms with Crippen LogP contribution in [0.25, 0.3) is 0 Å². The van der Waals surface area contributed by atoms with E-state index in [1.165, 1.54) is 18.4 Å². The molecule has 53 heavy (non-hydrogen) atoms. The van der Waals surface area contributed by atoms with Crippen LogP contribution in [-0.4, -0.2) is 116 Å². The van der Waals surface area contributed by atoms with Gasteiger partial charge in [-0.2, -0.15) is 0 Å². The SMILES string of the molecule is CCC.CCC(C)C(C(CC)OC)N(C)C(=O)CNC(=O)C(NC)C(C)C.COC(C(C)C(=O)NC(C)C(O)c1ccccc1)C1CCC(N)N1C=O. The fourth-order valence-electron chi connectivity index (χ4n) is 6.71. The van der Waals surface area contributed by atoms with Crippen LogP contribution in [0.2, 0.25) is 0 Å². The number of amides is 4. The molecule has 0 saturated carbocycles. The first-order chi connectivity index (χ1) is 25.1.